The van der Waals surface area contributed by atoms with Gasteiger partial charge in [-0.3, -0.25) is 9.59 Å². The fraction of sp³-hybridized carbons (Fsp3) is 0.118. The van der Waals surface area contributed by atoms with Crippen molar-refractivity contribution in [2.24, 2.45) is 5.10 Å². The number of hydrazone groups is 1. The minimum atomic E-state index is -0.424. The predicted molar refractivity (Wildman–Crippen MR) is 104 cm³/mol. The lowest BCUT2D eigenvalue weighted by Crippen LogP contribution is -2.20. The van der Waals surface area contributed by atoms with Crippen LogP contribution in [0.3, 0.4) is 0 Å². The van der Waals surface area contributed by atoms with Crippen molar-refractivity contribution < 1.29 is 19.1 Å². The molecule has 0 saturated carbocycles. The monoisotopic (exact) mass is 485 g/mol. The molecule has 2 rings (SSSR count). The lowest BCUT2D eigenvalue weighted by molar-refractivity contribution is -0.124. The third-order valence-electron chi connectivity index (χ3n) is 3.15. The van der Waals surface area contributed by atoms with Crippen LogP contribution in [0.1, 0.15) is 18.4 Å². The summed E-state index contributed by atoms with van der Waals surface area (Å²) in [6.07, 6.45) is 1.33. The Bertz CT molecular complexity index is 819. The first-order valence-corrected chi connectivity index (χ1v) is 8.99. The molecule has 6 nitrogen and oxygen atoms in total. The second-order valence-corrected chi connectivity index (χ2v) is 6.89. The van der Waals surface area contributed by atoms with Crippen molar-refractivity contribution in [3.05, 3.63) is 56.7 Å². The van der Waals surface area contributed by atoms with Gasteiger partial charge in [0.15, 0.2) is 0 Å². The number of carbonyl (C=O) groups excluding carboxylic acids is 2. The topological polar surface area (TPSA) is 90.8 Å². The Hall–Kier alpha value is -2.26. The van der Waals surface area contributed by atoms with Gasteiger partial charge in [0, 0.05) is 18.5 Å². The van der Waals surface area contributed by atoms with E-state index in [1.807, 2.05) is 0 Å². The molecule has 3 N–H and O–H groups in total. The Morgan fingerprint density at radius 1 is 1.08 bits per heavy atom. The maximum Gasteiger partial charge on any atom is 0.240 e. The molecule has 136 valence electrons. The fourth-order valence-electron chi connectivity index (χ4n) is 1.88. The van der Waals surface area contributed by atoms with E-state index in [-0.39, 0.29) is 24.5 Å². The van der Waals surface area contributed by atoms with E-state index >= 15 is 0 Å². The molecule has 0 unspecified atom stereocenters. The molecule has 0 aliphatic carbocycles. The van der Waals surface area contributed by atoms with Crippen LogP contribution in [0.25, 0.3) is 0 Å². The molecule has 2 aromatic carbocycles. The largest absolute Gasteiger partial charge is 0.506 e. The van der Waals surface area contributed by atoms with Crippen molar-refractivity contribution in [2.75, 3.05) is 5.32 Å². The average Bonchev–Trinajstić information content (AvgIpc) is 2.60. The zero-order chi connectivity index (χ0) is 19.1. The number of benzene rings is 2. The molecule has 0 bridgehead atoms. The first-order valence-electron chi connectivity index (χ1n) is 7.40. The first kappa shape index (κ1) is 20.1. The predicted octanol–water partition coefficient (Wildman–Crippen LogP) is 3.93. The molecule has 0 aliphatic heterocycles. The summed E-state index contributed by atoms with van der Waals surface area (Å²) in [5, 5.41) is 16.0. The number of hydrogen-bond acceptors (Lipinski definition) is 4. The van der Waals surface area contributed by atoms with Gasteiger partial charge in [0.1, 0.15) is 11.6 Å². The van der Waals surface area contributed by atoms with E-state index in [1.54, 1.807) is 12.1 Å². The Balaban J connectivity index is 1.78. The van der Waals surface area contributed by atoms with E-state index in [4.69, 9.17) is 0 Å². The van der Waals surface area contributed by atoms with Crippen LogP contribution in [0, 0.1) is 5.82 Å². The summed E-state index contributed by atoms with van der Waals surface area (Å²) in [5.41, 5.74) is 3.42. The second-order valence-electron chi connectivity index (χ2n) is 5.18. The summed E-state index contributed by atoms with van der Waals surface area (Å²) in [6.45, 7) is 0. The quantitative estimate of drug-likeness (QED) is 0.427. The lowest BCUT2D eigenvalue weighted by atomic mass is 10.2. The highest BCUT2D eigenvalue weighted by Crippen LogP contribution is 2.32. The summed E-state index contributed by atoms with van der Waals surface area (Å²) < 4.78 is 13.8. The Morgan fingerprint density at radius 3 is 2.27 bits per heavy atom. The Kier molecular flexibility index (Phi) is 7.28. The van der Waals surface area contributed by atoms with Crippen LogP contribution in [0.15, 0.2) is 50.4 Å². The molecule has 2 amide bonds. The van der Waals surface area contributed by atoms with Crippen LogP contribution in [0.2, 0.25) is 0 Å². The molecule has 0 heterocycles. The van der Waals surface area contributed by atoms with Crippen LogP contribution in [0.5, 0.6) is 5.75 Å². The van der Waals surface area contributed by atoms with Crippen LogP contribution in [-0.4, -0.2) is 23.1 Å². The Morgan fingerprint density at radius 2 is 1.65 bits per heavy atom. The van der Waals surface area contributed by atoms with Gasteiger partial charge < -0.3 is 10.4 Å². The highest BCUT2D eigenvalue weighted by molar-refractivity contribution is 9.11. The normalized spacial score (nSPS) is 10.7. The van der Waals surface area contributed by atoms with Gasteiger partial charge in [0.2, 0.25) is 11.8 Å². The number of halogens is 3. The molecule has 26 heavy (non-hydrogen) atoms. The van der Waals surface area contributed by atoms with Crippen molar-refractivity contribution in [3.8, 4) is 5.75 Å². The van der Waals surface area contributed by atoms with Gasteiger partial charge in [0.05, 0.1) is 15.2 Å². The summed E-state index contributed by atoms with van der Waals surface area (Å²) in [4.78, 5) is 23.5. The van der Waals surface area contributed by atoms with E-state index in [0.717, 1.165) is 0 Å². The number of aromatic hydroxyl groups is 1. The number of hydrogen-bond donors (Lipinski definition) is 3. The van der Waals surface area contributed by atoms with Crippen molar-refractivity contribution in [1.29, 1.82) is 0 Å². The molecule has 0 fully saturated rings. The van der Waals surface area contributed by atoms with Crippen LogP contribution in [-0.2, 0) is 9.59 Å². The molecule has 9 heteroatoms. The van der Waals surface area contributed by atoms with Gasteiger partial charge in [0.25, 0.3) is 0 Å². The zero-order valence-corrected chi connectivity index (χ0v) is 16.5. The maximum absolute atomic E-state index is 12.8. The van der Waals surface area contributed by atoms with Gasteiger partial charge in [-0.1, -0.05) is 0 Å². The van der Waals surface area contributed by atoms with E-state index < -0.39 is 11.7 Å². The standard InChI is InChI=1S/C17H14Br2FN3O3/c18-13-7-10(8-14(19)17(13)26)9-21-23-16(25)6-5-15(24)22-12-3-1-11(20)2-4-12/h1-4,7-9,26H,5-6H2,(H,22,24)(H,23,25)/b21-9+. The molecular formula is C17H14Br2FN3O3. The Labute approximate surface area is 165 Å². The SMILES string of the molecule is O=C(CCC(=O)Nc1ccc(F)cc1)N/N=C/c1cc(Br)c(O)c(Br)c1. The van der Waals surface area contributed by atoms with Gasteiger partial charge >= 0.3 is 0 Å². The highest BCUT2D eigenvalue weighted by atomic mass is 79.9. The van der Waals surface area contributed by atoms with Crippen molar-refractivity contribution in [3.63, 3.8) is 0 Å². The van der Waals surface area contributed by atoms with Gasteiger partial charge in [-0.25, -0.2) is 9.82 Å². The third-order valence-corrected chi connectivity index (χ3v) is 4.36. The maximum atomic E-state index is 12.8. The number of amides is 2. The van der Waals surface area contributed by atoms with E-state index in [2.05, 4.69) is 47.7 Å². The van der Waals surface area contributed by atoms with Crippen molar-refractivity contribution >= 4 is 55.6 Å². The third kappa shape index (κ3) is 6.23. The second kappa shape index (κ2) is 9.44. The molecule has 2 aromatic rings. The van der Waals surface area contributed by atoms with Gasteiger partial charge in [-0.2, -0.15) is 5.10 Å². The number of carbonyl (C=O) groups is 2. The number of anilines is 1. The minimum Gasteiger partial charge on any atom is -0.506 e. The summed E-state index contributed by atoms with van der Waals surface area (Å²) in [6, 6.07) is 8.60. The number of phenolic OH excluding ortho intramolecular Hbond substituents is 1. The molecule has 0 radical (unpaired) electrons. The fourth-order valence-corrected chi connectivity index (χ4v) is 3.10. The van der Waals surface area contributed by atoms with E-state index in [1.165, 1.54) is 30.5 Å². The number of rotatable bonds is 6. The summed E-state index contributed by atoms with van der Waals surface area (Å²) >= 11 is 6.39. The van der Waals surface area contributed by atoms with Crippen LogP contribution < -0.4 is 10.7 Å². The van der Waals surface area contributed by atoms with Crippen LogP contribution in [0.4, 0.5) is 10.1 Å². The van der Waals surface area contributed by atoms with E-state index in [9.17, 15) is 19.1 Å². The first-order chi connectivity index (χ1) is 12.3. The lowest BCUT2D eigenvalue weighted by Gasteiger charge is -2.05. The summed E-state index contributed by atoms with van der Waals surface area (Å²) in [7, 11) is 0. The van der Waals surface area contributed by atoms with Gasteiger partial charge in [-0.05, 0) is 73.8 Å². The smallest absolute Gasteiger partial charge is 0.240 e. The van der Waals surface area contributed by atoms with Crippen LogP contribution >= 0.6 is 31.9 Å². The number of phenols is 1. The van der Waals surface area contributed by atoms with E-state index in [0.29, 0.717) is 20.2 Å². The molecule has 0 aliphatic rings. The zero-order valence-electron chi connectivity index (χ0n) is 13.3. The number of nitrogens with one attached hydrogen (secondary N) is 2. The molecule has 0 atom stereocenters. The summed E-state index contributed by atoms with van der Waals surface area (Å²) in [5.74, 6) is -1.11. The minimum absolute atomic E-state index is 0.0327. The molecular weight excluding hydrogens is 473 g/mol. The highest BCUT2D eigenvalue weighted by Gasteiger charge is 2.07. The van der Waals surface area contributed by atoms with Gasteiger partial charge in [-0.15, -0.1) is 0 Å². The number of nitrogens with zero attached hydrogens (tertiary/aromatic N) is 1. The molecule has 0 spiro atoms. The average molecular weight is 487 g/mol. The molecule has 0 saturated heterocycles. The van der Waals surface area contributed by atoms with Crippen molar-refractivity contribution in [2.45, 2.75) is 12.8 Å². The van der Waals surface area contributed by atoms with Crippen molar-refractivity contribution in [1.82, 2.24) is 5.43 Å². The molecule has 0 aromatic heterocycles.